The van der Waals surface area contributed by atoms with Gasteiger partial charge in [-0.25, -0.2) is 0 Å². The average molecular weight is 377 g/mol. The Morgan fingerprint density at radius 3 is 3.08 bits per heavy atom. The molecule has 1 fully saturated rings. The van der Waals surface area contributed by atoms with Crippen LogP contribution >= 0.6 is 22.9 Å². The van der Waals surface area contributed by atoms with E-state index in [-0.39, 0.29) is 11.9 Å². The van der Waals surface area contributed by atoms with Crippen molar-refractivity contribution in [2.24, 2.45) is 0 Å². The van der Waals surface area contributed by atoms with Crippen molar-refractivity contribution in [1.82, 2.24) is 25.7 Å². The summed E-state index contributed by atoms with van der Waals surface area (Å²) in [6, 6.07) is 4.06. The van der Waals surface area contributed by atoms with Crippen LogP contribution in [0.1, 0.15) is 37.1 Å². The molecule has 9 heteroatoms. The third kappa shape index (κ3) is 3.32. The Kier molecular flexibility index (Phi) is 4.30. The zero-order valence-electron chi connectivity index (χ0n) is 13.5. The summed E-state index contributed by atoms with van der Waals surface area (Å²) in [6.45, 7) is 1.56. The van der Waals surface area contributed by atoms with E-state index in [0.717, 1.165) is 40.9 Å². The first-order valence-corrected chi connectivity index (χ1v) is 9.28. The van der Waals surface area contributed by atoms with Gasteiger partial charge in [-0.2, -0.15) is 5.10 Å². The Bertz CT molecular complexity index is 922. The number of hydrogen-bond acceptors (Lipinski definition) is 6. The van der Waals surface area contributed by atoms with Crippen LogP contribution in [-0.4, -0.2) is 32.3 Å². The molecule has 0 bridgehead atoms. The van der Waals surface area contributed by atoms with Crippen LogP contribution in [-0.2, 0) is 4.79 Å². The van der Waals surface area contributed by atoms with Gasteiger partial charge in [-0.1, -0.05) is 22.9 Å². The van der Waals surface area contributed by atoms with E-state index in [9.17, 15) is 4.79 Å². The molecule has 0 radical (unpaired) electrons. The van der Waals surface area contributed by atoms with Gasteiger partial charge in [-0.15, -0.1) is 10.2 Å². The quantitative estimate of drug-likeness (QED) is 0.646. The second-order valence-electron chi connectivity index (χ2n) is 6.24. The molecule has 2 atom stereocenters. The number of carbonyl (C=O) groups is 1. The first kappa shape index (κ1) is 16.3. The first-order valence-electron chi connectivity index (χ1n) is 8.09. The van der Waals surface area contributed by atoms with Crippen LogP contribution in [0.2, 0.25) is 5.02 Å². The zero-order chi connectivity index (χ0) is 17.4. The molecule has 0 aliphatic heterocycles. The van der Waals surface area contributed by atoms with E-state index >= 15 is 0 Å². The Hall–Kier alpha value is -2.19. The highest BCUT2D eigenvalue weighted by Gasteiger charge is 2.29. The molecule has 1 aliphatic rings. The Labute approximate surface area is 153 Å². The van der Waals surface area contributed by atoms with E-state index in [0.29, 0.717) is 16.1 Å². The van der Waals surface area contributed by atoms with Crippen molar-refractivity contribution < 1.29 is 4.79 Å². The van der Waals surface area contributed by atoms with Crippen LogP contribution in [0.25, 0.3) is 10.9 Å². The van der Waals surface area contributed by atoms with E-state index < -0.39 is 0 Å². The standard InChI is InChI=1S/C16H17ClN6OS/c1-8(24)19-10-3-2-9(6-10)15-22-23-16(25-15)20-13-5-4-12-11(14(13)17)7-18-21-12/h4-5,7,9-10H,2-3,6H2,1H3,(H,18,21)(H,19,24)(H,20,23)/t9-,10+/m1/s1. The summed E-state index contributed by atoms with van der Waals surface area (Å²) < 4.78 is 0. The van der Waals surface area contributed by atoms with Gasteiger partial charge in [-0.05, 0) is 31.4 Å². The van der Waals surface area contributed by atoms with Gasteiger partial charge in [0, 0.05) is 24.3 Å². The SMILES string of the molecule is CC(=O)N[C@H]1CC[C@@H](c2nnc(Nc3ccc4[nH]ncc4c3Cl)s2)C1. The summed E-state index contributed by atoms with van der Waals surface area (Å²) in [5, 5.41) is 24.9. The number of nitrogens with zero attached hydrogens (tertiary/aromatic N) is 3. The molecule has 7 nitrogen and oxygen atoms in total. The number of aromatic amines is 1. The number of benzene rings is 1. The van der Waals surface area contributed by atoms with E-state index in [4.69, 9.17) is 11.6 Å². The number of carbonyl (C=O) groups excluding carboxylic acids is 1. The number of H-pyrrole nitrogens is 1. The number of anilines is 2. The molecule has 4 rings (SSSR count). The highest BCUT2D eigenvalue weighted by molar-refractivity contribution is 7.15. The van der Waals surface area contributed by atoms with E-state index in [1.54, 1.807) is 13.1 Å². The molecule has 3 N–H and O–H groups in total. The smallest absolute Gasteiger partial charge is 0.217 e. The fourth-order valence-corrected chi connectivity index (χ4v) is 4.43. The maximum absolute atomic E-state index is 11.2. The average Bonchev–Trinajstić information content (AvgIpc) is 3.29. The number of nitrogens with one attached hydrogen (secondary N) is 3. The van der Waals surface area contributed by atoms with Gasteiger partial charge >= 0.3 is 0 Å². The molecule has 1 aliphatic carbocycles. The highest BCUT2D eigenvalue weighted by atomic mass is 35.5. The predicted molar refractivity (Wildman–Crippen MR) is 98.5 cm³/mol. The summed E-state index contributed by atoms with van der Waals surface area (Å²) in [4.78, 5) is 11.2. The third-order valence-corrected chi connectivity index (χ3v) is 5.84. The summed E-state index contributed by atoms with van der Waals surface area (Å²) >= 11 is 7.96. The van der Waals surface area contributed by atoms with Gasteiger partial charge in [0.05, 0.1) is 22.4 Å². The van der Waals surface area contributed by atoms with Crippen molar-refractivity contribution in [3.05, 3.63) is 28.4 Å². The topological polar surface area (TPSA) is 95.6 Å². The predicted octanol–water partition coefficient (Wildman–Crippen LogP) is 3.58. The van der Waals surface area contributed by atoms with Crippen molar-refractivity contribution in [1.29, 1.82) is 0 Å². The van der Waals surface area contributed by atoms with Crippen molar-refractivity contribution in [3.8, 4) is 0 Å². The van der Waals surface area contributed by atoms with Crippen LogP contribution in [0.15, 0.2) is 18.3 Å². The fraction of sp³-hybridized carbons (Fsp3) is 0.375. The Morgan fingerprint density at radius 1 is 1.36 bits per heavy atom. The van der Waals surface area contributed by atoms with Gasteiger partial charge in [0.25, 0.3) is 0 Å². The second-order valence-corrected chi connectivity index (χ2v) is 7.62. The lowest BCUT2D eigenvalue weighted by Crippen LogP contribution is -2.30. The third-order valence-electron chi connectivity index (χ3n) is 4.43. The van der Waals surface area contributed by atoms with E-state index in [1.165, 1.54) is 11.3 Å². The zero-order valence-corrected chi connectivity index (χ0v) is 15.1. The van der Waals surface area contributed by atoms with Crippen LogP contribution in [0, 0.1) is 0 Å². The molecule has 1 amide bonds. The summed E-state index contributed by atoms with van der Waals surface area (Å²) in [7, 11) is 0. The first-order chi connectivity index (χ1) is 12.1. The van der Waals surface area contributed by atoms with Crippen molar-refractivity contribution in [2.45, 2.75) is 38.1 Å². The molecular weight excluding hydrogens is 360 g/mol. The summed E-state index contributed by atoms with van der Waals surface area (Å²) in [5.74, 6) is 0.367. The van der Waals surface area contributed by atoms with Gasteiger partial charge in [0.2, 0.25) is 11.0 Å². The molecule has 0 unspecified atom stereocenters. The van der Waals surface area contributed by atoms with Gasteiger partial charge in [0.1, 0.15) is 5.01 Å². The highest BCUT2D eigenvalue weighted by Crippen LogP contribution is 2.38. The fourth-order valence-electron chi connectivity index (χ4n) is 3.27. The maximum atomic E-state index is 11.2. The van der Waals surface area contributed by atoms with Gasteiger partial charge < -0.3 is 10.6 Å². The van der Waals surface area contributed by atoms with E-state index in [1.807, 2.05) is 12.1 Å². The number of amides is 1. The van der Waals surface area contributed by atoms with E-state index in [2.05, 4.69) is 31.0 Å². The molecule has 0 spiro atoms. The van der Waals surface area contributed by atoms with Crippen LogP contribution in [0.5, 0.6) is 0 Å². The maximum Gasteiger partial charge on any atom is 0.217 e. The molecule has 2 heterocycles. The molecule has 3 aromatic rings. The minimum atomic E-state index is 0.0227. The number of rotatable bonds is 4. The molecular formula is C16H17ClN6OS. The van der Waals surface area contributed by atoms with Crippen LogP contribution < -0.4 is 10.6 Å². The van der Waals surface area contributed by atoms with Crippen molar-refractivity contribution in [2.75, 3.05) is 5.32 Å². The van der Waals surface area contributed by atoms with Crippen molar-refractivity contribution in [3.63, 3.8) is 0 Å². The second kappa shape index (κ2) is 6.61. The Morgan fingerprint density at radius 2 is 2.24 bits per heavy atom. The molecule has 2 aromatic heterocycles. The molecule has 0 saturated heterocycles. The van der Waals surface area contributed by atoms with Gasteiger partial charge in [0.15, 0.2) is 0 Å². The lowest BCUT2D eigenvalue weighted by atomic mass is 10.1. The largest absolute Gasteiger partial charge is 0.354 e. The molecule has 1 aromatic carbocycles. The van der Waals surface area contributed by atoms with Crippen LogP contribution in [0.3, 0.4) is 0 Å². The summed E-state index contributed by atoms with van der Waals surface area (Å²) in [5.41, 5.74) is 1.67. The lowest BCUT2D eigenvalue weighted by molar-refractivity contribution is -0.119. The van der Waals surface area contributed by atoms with Gasteiger partial charge in [-0.3, -0.25) is 9.89 Å². The summed E-state index contributed by atoms with van der Waals surface area (Å²) in [6.07, 6.45) is 4.61. The molecule has 1 saturated carbocycles. The number of fused-ring (bicyclic) bond motifs is 1. The van der Waals surface area contributed by atoms with Crippen molar-refractivity contribution >= 4 is 50.6 Å². The monoisotopic (exact) mass is 376 g/mol. The molecule has 130 valence electrons. The number of halogens is 1. The normalized spacial score (nSPS) is 20.1. The molecule has 25 heavy (non-hydrogen) atoms. The number of hydrogen-bond donors (Lipinski definition) is 3. The number of aromatic nitrogens is 4. The minimum Gasteiger partial charge on any atom is -0.354 e. The minimum absolute atomic E-state index is 0.0227. The lowest BCUT2D eigenvalue weighted by Gasteiger charge is -2.10. The van der Waals surface area contributed by atoms with Crippen LogP contribution in [0.4, 0.5) is 10.8 Å². The Balaban J connectivity index is 1.48.